The van der Waals surface area contributed by atoms with Crippen molar-refractivity contribution in [2.75, 3.05) is 5.32 Å². The van der Waals surface area contributed by atoms with Gasteiger partial charge < -0.3 is 10.1 Å². The van der Waals surface area contributed by atoms with Gasteiger partial charge in [0.2, 0.25) is 0 Å². The highest BCUT2D eigenvalue weighted by Crippen LogP contribution is 2.26. The van der Waals surface area contributed by atoms with Crippen LogP contribution in [0.15, 0.2) is 77.3 Å². The first-order valence-electron chi connectivity index (χ1n) is 10.2. The second-order valence-corrected chi connectivity index (χ2v) is 9.07. The van der Waals surface area contributed by atoms with Gasteiger partial charge in [-0.1, -0.05) is 53.5 Å². The molecule has 0 atom stereocenters. The second-order valence-electron chi connectivity index (χ2n) is 7.40. The third kappa shape index (κ3) is 5.77. The lowest BCUT2D eigenvalue weighted by Gasteiger charge is -2.09. The summed E-state index contributed by atoms with van der Waals surface area (Å²) in [4.78, 5) is 12.8. The van der Waals surface area contributed by atoms with Crippen LogP contribution in [0.25, 0.3) is 0 Å². The van der Waals surface area contributed by atoms with Gasteiger partial charge in [0.1, 0.15) is 12.4 Å². The number of rotatable bonds is 7. The van der Waals surface area contributed by atoms with E-state index in [0.717, 1.165) is 27.0 Å². The van der Waals surface area contributed by atoms with Crippen molar-refractivity contribution in [1.82, 2.24) is 9.78 Å². The number of nitrogens with one attached hydrogen (secondary N) is 1. The van der Waals surface area contributed by atoms with Crippen molar-refractivity contribution in [3.8, 4) is 5.75 Å². The van der Waals surface area contributed by atoms with Gasteiger partial charge in [0.05, 0.1) is 11.0 Å². The maximum Gasteiger partial charge on any atom is 0.256 e. The van der Waals surface area contributed by atoms with Crippen LogP contribution in [0.2, 0.25) is 10.0 Å². The largest absolute Gasteiger partial charge is 0.488 e. The highest BCUT2D eigenvalue weighted by Gasteiger charge is 2.13. The number of nitrogens with zero attached hydrogens (tertiary/aromatic N) is 2. The van der Waals surface area contributed by atoms with E-state index in [1.165, 1.54) is 0 Å². The van der Waals surface area contributed by atoms with Crippen LogP contribution in [0.1, 0.15) is 27.2 Å². The Morgan fingerprint density at radius 2 is 1.76 bits per heavy atom. The number of para-hydroxylation sites is 1. The molecule has 0 aliphatic rings. The first kappa shape index (κ1) is 23.4. The lowest BCUT2D eigenvalue weighted by Crippen LogP contribution is -2.13. The summed E-state index contributed by atoms with van der Waals surface area (Å²) in [5.41, 5.74) is 3.05. The third-order valence-corrected chi connectivity index (χ3v) is 6.38. The lowest BCUT2D eigenvalue weighted by molar-refractivity contribution is 0.102. The minimum atomic E-state index is -0.252. The van der Waals surface area contributed by atoms with Gasteiger partial charge >= 0.3 is 0 Å². The van der Waals surface area contributed by atoms with E-state index in [9.17, 15) is 4.79 Å². The van der Waals surface area contributed by atoms with E-state index >= 15 is 0 Å². The standard InChI is InChI=1S/C25H20BrCl2N3O2/c1-16-12-24(30-31(16)14-19-21(27)9-5-10-22(19)28)29-25(32)18-7-4-6-17(13-18)15-33-23-11-3-2-8-20(23)26/h2-13H,14-15H2,1H3,(H,29,30,32). The maximum atomic E-state index is 12.8. The molecule has 0 saturated heterocycles. The molecule has 0 radical (unpaired) electrons. The van der Waals surface area contributed by atoms with Crippen LogP contribution in [-0.2, 0) is 13.2 Å². The molecule has 1 heterocycles. The number of hydrogen-bond acceptors (Lipinski definition) is 3. The fraction of sp³-hybridized carbons (Fsp3) is 0.120. The summed E-state index contributed by atoms with van der Waals surface area (Å²) in [5.74, 6) is 0.945. The molecule has 0 aliphatic carbocycles. The van der Waals surface area contributed by atoms with Crippen molar-refractivity contribution in [3.63, 3.8) is 0 Å². The fourth-order valence-electron chi connectivity index (χ4n) is 3.28. The topological polar surface area (TPSA) is 56.1 Å². The maximum absolute atomic E-state index is 12.8. The molecule has 1 aromatic heterocycles. The Hall–Kier alpha value is -2.80. The molecule has 3 aromatic carbocycles. The van der Waals surface area contributed by atoms with Gasteiger partial charge in [0.25, 0.3) is 5.91 Å². The molecule has 5 nitrogen and oxygen atoms in total. The molecule has 8 heteroatoms. The van der Waals surface area contributed by atoms with Crippen LogP contribution in [0.3, 0.4) is 0 Å². The first-order valence-corrected chi connectivity index (χ1v) is 11.7. The summed E-state index contributed by atoms with van der Waals surface area (Å²) in [5, 5.41) is 8.51. The van der Waals surface area contributed by atoms with Crippen molar-refractivity contribution < 1.29 is 9.53 Å². The monoisotopic (exact) mass is 543 g/mol. The molecule has 168 valence electrons. The van der Waals surface area contributed by atoms with Crippen molar-refractivity contribution in [1.29, 1.82) is 0 Å². The second kappa shape index (κ2) is 10.4. The van der Waals surface area contributed by atoms with E-state index in [2.05, 4.69) is 26.3 Å². The molecule has 0 fully saturated rings. The van der Waals surface area contributed by atoms with E-state index in [-0.39, 0.29) is 5.91 Å². The molecule has 1 amide bonds. The number of benzene rings is 3. The molecule has 0 bridgehead atoms. The summed E-state index contributed by atoms with van der Waals surface area (Å²) in [6.07, 6.45) is 0. The first-order chi connectivity index (χ1) is 15.9. The minimum Gasteiger partial charge on any atom is -0.488 e. The zero-order chi connectivity index (χ0) is 23.4. The summed E-state index contributed by atoms with van der Waals surface area (Å²) in [7, 11) is 0. The molecule has 0 spiro atoms. The number of halogens is 3. The molecule has 0 aliphatic heterocycles. The van der Waals surface area contributed by atoms with E-state index in [4.69, 9.17) is 27.9 Å². The molecular weight excluding hydrogens is 525 g/mol. The number of anilines is 1. The van der Waals surface area contributed by atoms with Gasteiger partial charge in [-0.05, 0) is 64.8 Å². The van der Waals surface area contributed by atoms with Crippen molar-refractivity contribution >= 4 is 50.9 Å². The molecule has 4 rings (SSSR count). The number of hydrogen-bond donors (Lipinski definition) is 1. The van der Waals surface area contributed by atoms with Crippen molar-refractivity contribution in [2.45, 2.75) is 20.1 Å². The predicted molar refractivity (Wildman–Crippen MR) is 135 cm³/mol. The Morgan fingerprint density at radius 3 is 2.52 bits per heavy atom. The Bertz CT molecular complexity index is 1290. The summed E-state index contributed by atoms with van der Waals surface area (Å²) in [6, 6.07) is 22.1. The Morgan fingerprint density at radius 1 is 1.03 bits per heavy atom. The molecular formula is C25H20BrCl2N3O2. The quantitative estimate of drug-likeness (QED) is 0.269. The number of aryl methyl sites for hydroxylation is 1. The highest BCUT2D eigenvalue weighted by molar-refractivity contribution is 9.10. The number of carbonyl (C=O) groups is 1. The van der Waals surface area contributed by atoms with Gasteiger partial charge in [-0.2, -0.15) is 5.10 Å². The van der Waals surface area contributed by atoms with Gasteiger partial charge in [0.15, 0.2) is 5.82 Å². The van der Waals surface area contributed by atoms with E-state index < -0.39 is 0 Å². The average Bonchev–Trinajstić information content (AvgIpc) is 3.14. The normalized spacial score (nSPS) is 10.8. The zero-order valence-corrected chi connectivity index (χ0v) is 20.8. The van der Waals surface area contributed by atoms with Gasteiger partial charge in [0, 0.05) is 32.9 Å². The number of amides is 1. The number of aromatic nitrogens is 2. The summed E-state index contributed by atoms with van der Waals surface area (Å²) >= 11 is 16.0. The van der Waals surface area contributed by atoms with E-state index in [1.807, 2.05) is 49.4 Å². The van der Waals surface area contributed by atoms with Gasteiger partial charge in [-0.15, -0.1) is 0 Å². The van der Waals surface area contributed by atoms with Crippen LogP contribution in [-0.4, -0.2) is 15.7 Å². The van der Waals surface area contributed by atoms with Crippen LogP contribution < -0.4 is 10.1 Å². The van der Waals surface area contributed by atoms with Crippen LogP contribution >= 0.6 is 39.1 Å². The molecule has 0 saturated carbocycles. The predicted octanol–water partition coefficient (Wildman–Crippen LogP) is 7.14. The third-order valence-electron chi connectivity index (χ3n) is 5.01. The number of ether oxygens (including phenoxy) is 1. The Kier molecular flexibility index (Phi) is 7.38. The number of carbonyl (C=O) groups excluding carboxylic acids is 1. The van der Waals surface area contributed by atoms with E-state index in [1.54, 1.807) is 35.0 Å². The van der Waals surface area contributed by atoms with Crippen LogP contribution in [0.5, 0.6) is 5.75 Å². The summed E-state index contributed by atoms with van der Waals surface area (Å²) < 4.78 is 8.49. The van der Waals surface area contributed by atoms with Gasteiger partial charge in [-0.3, -0.25) is 9.48 Å². The Balaban J connectivity index is 1.44. The molecule has 33 heavy (non-hydrogen) atoms. The van der Waals surface area contributed by atoms with E-state index in [0.29, 0.717) is 34.6 Å². The van der Waals surface area contributed by atoms with Crippen LogP contribution in [0.4, 0.5) is 5.82 Å². The highest BCUT2D eigenvalue weighted by atomic mass is 79.9. The average molecular weight is 545 g/mol. The zero-order valence-electron chi connectivity index (χ0n) is 17.7. The minimum absolute atomic E-state index is 0.252. The lowest BCUT2D eigenvalue weighted by atomic mass is 10.1. The SMILES string of the molecule is Cc1cc(NC(=O)c2cccc(COc3ccccc3Br)c2)nn1Cc1c(Cl)cccc1Cl. The molecule has 0 unspecified atom stereocenters. The van der Waals surface area contributed by atoms with Crippen LogP contribution in [0, 0.1) is 6.92 Å². The van der Waals surface area contributed by atoms with Crippen molar-refractivity contribution in [3.05, 3.63) is 110 Å². The smallest absolute Gasteiger partial charge is 0.256 e. The summed E-state index contributed by atoms with van der Waals surface area (Å²) in [6.45, 7) is 2.66. The van der Waals surface area contributed by atoms with Crippen molar-refractivity contribution in [2.24, 2.45) is 0 Å². The van der Waals surface area contributed by atoms with Gasteiger partial charge in [-0.25, -0.2) is 0 Å². The Labute approximate surface area is 210 Å². The molecule has 4 aromatic rings. The molecule has 1 N–H and O–H groups in total. The fourth-order valence-corrected chi connectivity index (χ4v) is 4.19.